The highest BCUT2D eigenvalue weighted by atomic mass is 31.2. The molecule has 0 aliphatic heterocycles. The minimum Gasteiger partial charge on any atom is -0.391 e. The van der Waals surface area contributed by atoms with E-state index >= 15 is 0 Å². The van der Waals surface area contributed by atoms with Crippen LogP contribution in [0.15, 0.2) is 12.7 Å². The van der Waals surface area contributed by atoms with Crippen LogP contribution in [0.2, 0.25) is 0 Å². The lowest BCUT2D eigenvalue weighted by atomic mass is 10.1. The van der Waals surface area contributed by atoms with Crippen LogP contribution in [0.5, 0.6) is 0 Å². The van der Waals surface area contributed by atoms with Crippen LogP contribution in [0, 0.1) is 5.92 Å². The predicted octanol–water partition coefficient (Wildman–Crippen LogP) is 0.288. The standard InChI is InChI=1S/C12H18N5O4P/c13-11-10-12(15-5-14-11)17(6-16-10)8-3-7(4-9(8)18)1-2-22(19,20)21/h5-9,18H,1-4H2,(H2,13,14,15)(H2,19,20,21). The second-order valence-corrected chi connectivity index (χ2v) is 7.51. The van der Waals surface area contributed by atoms with Crippen molar-refractivity contribution in [3.8, 4) is 0 Å². The molecule has 10 heteroatoms. The number of imidazole rings is 1. The lowest BCUT2D eigenvalue weighted by Crippen LogP contribution is -2.17. The second-order valence-electron chi connectivity index (χ2n) is 5.73. The lowest BCUT2D eigenvalue weighted by molar-refractivity contribution is 0.136. The number of nitrogen functional groups attached to an aromatic ring is 1. The highest BCUT2D eigenvalue weighted by Crippen LogP contribution is 2.42. The molecule has 1 saturated carbocycles. The molecule has 1 aliphatic carbocycles. The van der Waals surface area contributed by atoms with Crippen LogP contribution in [-0.4, -0.2) is 46.7 Å². The summed E-state index contributed by atoms with van der Waals surface area (Å²) < 4.78 is 12.8. The van der Waals surface area contributed by atoms with Gasteiger partial charge in [-0.2, -0.15) is 0 Å². The fourth-order valence-corrected chi connectivity index (χ4v) is 3.79. The fourth-order valence-electron chi connectivity index (χ4n) is 3.09. The highest BCUT2D eigenvalue weighted by molar-refractivity contribution is 7.51. The van der Waals surface area contributed by atoms with E-state index in [1.165, 1.54) is 6.33 Å². The number of fused-ring (bicyclic) bond motifs is 1. The molecule has 3 atom stereocenters. The van der Waals surface area contributed by atoms with Gasteiger partial charge in [0.15, 0.2) is 11.5 Å². The fraction of sp³-hybridized carbons (Fsp3) is 0.583. The SMILES string of the molecule is Nc1ncnc2c1ncn2C1CC(CCP(=O)(O)O)CC1O. The van der Waals surface area contributed by atoms with Crippen LogP contribution < -0.4 is 5.73 Å². The summed E-state index contributed by atoms with van der Waals surface area (Å²) in [5.41, 5.74) is 6.81. The van der Waals surface area contributed by atoms with Gasteiger partial charge in [0.2, 0.25) is 0 Å². The Bertz CT molecular complexity index is 729. The van der Waals surface area contributed by atoms with Crippen molar-refractivity contribution < 1.29 is 19.5 Å². The Kier molecular flexibility index (Phi) is 3.90. The first kappa shape index (κ1) is 15.4. The Labute approximate surface area is 126 Å². The van der Waals surface area contributed by atoms with Crippen molar-refractivity contribution in [1.82, 2.24) is 19.5 Å². The van der Waals surface area contributed by atoms with E-state index in [-0.39, 0.29) is 23.9 Å². The molecule has 2 aromatic heterocycles. The zero-order valence-corrected chi connectivity index (χ0v) is 12.7. The molecule has 0 amide bonds. The molecule has 5 N–H and O–H groups in total. The predicted molar refractivity (Wildman–Crippen MR) is 79.0 cm³/mol. The minimum atomic E-state index is -4.00. The van der Waals surface area contributed by atoms with Gasteiger partial charge < -0.3 is 25.2 Å². The van der Waals surface area contributed by atoms with E-state index in [4.69, 9.17) is 15.5 Å². The molecular weight excluding hydrogens is 309 g/mol. The smallest absolute Gasteiger partial charge is 0.325 e. The topological polar surface area (TPSA) is 147 Å². The van der Waals surface area contributed by atoms with Crippen molar-refractivity contribution in [2.75, 3.05) is 11.9 Å². The van der Waals surface area contributed by atoms with Gasteiger partial charge in [0.25, 0.3) is 0 Å². The molecule has 1 fully saturated rings. The van der Waals surface area contributed by atoms with Crippen LogP contribution in [-0.2, 0) is 4.57 Å². The van der Waals surface area contributed by atoms with Crippen molar-refractivity contribution in [1.29, 1.82) is 0 Å². The van der Waals surface area contributed by atoms with Crippen LogP contribution >= 0.6 is 7.60 Å². The van der Waals surface area contributed by atoms with Crippen molar-refractivity contribution in [3.63, 3.8) is 0 Å². The number of anilines is 1. The Morgan fingerprint density at radius 3 is 2.82 bits per heavy atom. The molecule has 1 aliphatic rings. The van der Waals surface area contributed by atoms with E-state index in [1.54, 1.807) is 10.9 Å². The van der Waals surface area contributed by atoms with E-state index < -0.39 is 13.7 Å². The zero-order chi connectivity index (χ0) is 15.9. The van der Waals surface area contributed by atoms with E-state index in [0.29, 0.717) is 30.4 Å². The molecule has 22 heavy (non-hydrogen) atoms. The molecule has 9 nitrogen and oxygen atoms in total. The van der Waals surface area contributed by atoms with Crippen molar-refractivity contribution in [2.24, 2.45) is 5.92 Å². The third-order valence-electron chi connectivity index (χ3n) is 4.17. The van der Waals surface area contributed by atoms with Gasteiger partial charge in [-0.3, -0.25) is 4.57 Å². The Balaban J connectivity index is 1.80. The van der Waals surface area contributed by atoms with Gasteiger partial charge in [0, 0.05) is 0 Å². The number of nitrogens with zero attached hydrogens (tertiary/aromatic N) is 4. The van der Waals surface area contributed by atoms with Crippen LogP contribution in [0.25, 0.3) is 11.2 Å². The van der Waals surface area contributed by atoms with Crippen LogP contribution in [0.1, 0.15) is 25.3 Å². The summed E-state index contributed by atoms with van der Waals surface area (Å²) in [7, 11) is -4.00. The molecule has 3 unspecified atom stereocenters. The summed E-state index contributed by atoms with van der Waals surface area (Å²) in [6.07, 6.45) is 3.69. The summed E-state index contributed by atoms with van der Waals surface area (Å²) in [5, 5.41) is 10.3. The molecule has 0 radical (unpaired) electrons. The molecule has 0 spiro atoms. The third-order valence-corrected chi connectivity index (χ3v) is 5.01. The highest BCUT2D eigenvalue weighted by Gasteiger charge is 2.35. The van der Waals surface area contributed by atoms with Gasteiger partial charge in [-0.25, -0.2) is 15.0 Å². The average Bonchev–Trinajstić information content (AvgIpc) is 3.00. The van der Waals surface area contributed by atoms with Crippen molar-refractivity contribution in [3.05, 3.63) is 12.7 Å². The molecular formula is C12H18N5O4P. The first-order valence-electron chi connectivity index (χ1n) is 7.01. The summed E-state index contributed by atoms with van der Waals surface area (Å²) in [6, 6.07) is -0.221. The number of rotatable bonds is 4. The third kappa shape index (κ3) is 2.98. The summed E-state index contributed by atoms with van der Waals surface area (Å²) in [6.45, 7) is 0. The number of aliphatic hydroxyl groups is 1. The van der Waals surface area contributed by atoms with E-state index in [2.05, 4.69) is 15.0 Å². The zero-order valence-electron chi connectivity index (χ0n) is 11.8. The number of hydrogen-bond acceptors (Lipinski definition) is 6. The van der Waals surface area contributed by atoms with E-state index in [0.717, 1.165) is 0 Å². The van der Waals surface area contributed by atoms with Gasteiger partial charge in [-0.05, 0) is 25.2 Å². The van der Waals surface area contributed by atoms with Gasteiger partial charge >= 0.3 is 7.60 Å². The normalized spacial score (nSPS) is 25.9. The van der Waals surface area contributed by atoms with Crippen molar-refractivity contribution in [2.45, 2.75) is 31.4 Å². The molecule has 2 aromatic rings. The number of nitrogens with two attached hydrogens (primary N) is 1. The van der Waals surface area contributed by atoms with Gasteiger partial charge in [0.1, 0.15) is 11.8 Å². The quantitative estimate of drug-likeness (QED) is 0.586. The molecule has 0 saturated heterocycles. The van der Waals surface area contributed by atoms with Crippen molar-refractivity contribution >= 4 is 24.6 Å². The molecule has 3 rings (SSSR count). The Hall–Kier alpha value is -1.54. The Morgan fingerprint density at radius 2 is 2.09 bits per heavy atom. The summed E-state index contributed by atoms with van der Waals surface area (Å²) >= 11 is 0. The van der Waals surface area contributed by atoms with Crippen LogP contribution in [0.3, 0.4) is 0 Å². The first-order chi connectivity index (χ1) is 10.3. The molecule has 0 bridgehead atoms. The van der Waals surface area contributed by atoms with Gasteiger partial charge in [0.05, 0.1) is 24.6 Å². The maximum atomic E-state index is 11.0. The molecule has 2 heterocycles. The minimum absolute atomic E-state index is 0.0595. The van der Waals surface area contributed by atoms with Gasteiger partial charge in [-0.15, -0.1) is 0 Å². The maximum Gasteiger partial charge on any atom is 0.325 e. The molecule has 120 valence electrons. The maximum absolute atomic E-state index is 11.0. The lowest BCUT2D eigenvalue weighted by Gasteiger charge is -2.16. The van der Waals surface area contributed by atoms with Gasteiger partial charge in [-0.1, -0.05) is 0 Å². The number of aliphatic hydroxyl groups excluding tert-OH is 1. The summed E-state index contributed by atoms with van der Waals surface area (Å²) in [5.74, 6) is 0.346. The average molecular weight is 327 g/mol. The number of hydrogen-bond donors (Lipinski definition) is 4. The largest absolute Gasteiger partial charge is 0.391 e. The first-order valence-corrected chi connectivity index (χ1v) is 8.80. The summed E-state index contributed by atoms with van der Waals surface area (Å²) in [4.78, 5) is 30.2. The second kappa shape index (κ2) is 5.58. The van der Waals surface area contributed by atoms with E-state index in [9.17, 15) is 9.67 Å². The monoisotopic (exact) mass is 327 g/mol. The molecule has 0 aromatic carbocycles. The number of aromatic nitrogens is 4. The Morgan fingerprint density at radius 1 is 1.32 bits per heavy atom. The van der Waals surface area contributed by atoms with Crippen LogP contribution in [0.4, 0.5) is 5.82 Å². The van der Waals surface area contributed by atoms with E-state index in [1.807, 2.05) is 0 Å².